The minimum absolute atomic E-state index is 0.0941. The second-order valence-electron chi connectivity index (χ2n) is 5.19. The van der Waals surface area contributed by atoms with Crippen molar-refractivity contribution in [2.45, 2.75) is 38.0 Å². The topological polar surface area (TPSA) is 67.1 Å². The summed E-state index contributed by atoms with van der Waals surface area (Å²) < 4.78 is 37.9. The fourth-order valence-corrected chi connectivity index (χ4v) is 2.30. The average molecular weight is 289 g/mol. The maximum atomic E-state index is 12.6. The number of halogens is 3. The van der Waals surface area contributed by atoms with E-state index in [2.05, 4.69) is 27.1 Å². The molecule has 0 amide bonds. The standard InChI is InChI=1S/C12H18F3N5/c1-7-5-8(3-4-20(7)2)17-10-6-9(16)18-11(19-10)12(13,14)15/h6-8H,3-5H2,1-2H3,(H3,16,17,18,19). The van der Waals surface area contributed by atoms with Crippen LogP contribution in [0.25, 0.3) is 0 Å². The van der Waals surface area contributed by atoms with Crippen LogP contribution in [0.3, 0.4) is 0 Å². The van der Waals surface area contributed by atoms with Crippen LogP contribution in [0.5, 0.6) is 0 Å². The molecule has 2 unspecified atom stereocenters. The lowest BCUT2D eigenvalue weighted by atomic mass is 9.99. The van der Waals surface area contributed by atoms with Crippen molar-refractivity contribution in [2.24, 2.45) is 0 Å². The van der Waals surface area contributed by atoms with E-state index in [1.807, 2.05) is 7.05 Å². The summed E-state index contributed by atoms with van der Waals surface area (Å²) in [6, 6.07) is 1.80. The molecule has 5 nitrogen and oxygen atoms in total. The number of nitrogen functional groups attached to an aromatic ring is 1. The number of piperidine rings is 1. The number of nitrogens with two attached hydrogens (primary N) is 1. The number of hydrogen-bond acceptors (Lipinski definition) is 5. The highest BCUT2D eigenvalue weighted by Gasteiger charge is 2.35. The molecule has 1 fully saturated rings. The van der Waals surface area contributed by atoms with Gasteiger partial charge in [0.05, 0.1) is 0 Å². The number of hydrogen-bond donors (Lipinski definition) is 2. The van der Waals surface area contributed by atoms with Gasteiger partial charge in [-0.15, -0.1) is 0 Å². The first-order valence-electron chi connectivity index (χ1n) is 6.44. The lowest BCUT2D eigenvalue weighted by Crippen LogP contribution is -2.42. The van der Waals surface area contributed by atoms with Gasteiger partial charge in [0.2, 0.25) is 5.82 Å². The third kappa shape index (κ3) is 3.50. The number of alkyl halides is 3. The average Bonchev–Trinajstić information content (AvgIpc) is 2.32. The summed E-state index contributed by atoms with van der Waals surface area (Å²) in [4.78, 5) is 8.94. The highest BCUT2D eigenvalue weighted by atomic mass is 19.4. The first-order valence-corrected chi connectivity index (χ1v) is 6.44. The van der Waals surface area contributed by atoms with Crippen molar-refractivity contribution in [1.29, 1.82) is 0 Å². The zero-order chi connectivity index (χ0) is 14.9. The first-order chi connectivity index (χ1) is 9.25. The van der Waals surface area contributed by atoms with Gasteiger partial charge < -0.3 is 16.0 Å². The van der Waals surface area contributed by atoms with Crippen LogP contribution in [0.2, 0.25) is 0 Å². The number of nitrogens with one attached hydrogen (secondary N) is 1. The highest BCUT2D eigenvalue weighted by Crippen LogP contribution is 2.28. The van der Waals surface area contributed by atoms with Crippen LogP contribution in [0, 0.1) is 0 Å². The van der Waals surface area contributed by atoms with Crippen molar-refractivity contribution in [1.82, 2.24) is 14.9 Å². The van der Waals surface area contributed by atoms with Crippen LogP contribution in [-0.2, 0) is 6.18 Å². The van der Waals surface area contributed by atoms with Crippen LogP contribution >= 0.6 is 0 Å². The van der Waals surface area contributed by atoms with Crippen LogP contribution in [0.15, 0.2) is 6.07 Å². The Morgan fingerprint density at radius 2 is 2.10 bits per heavy atom. The molecule has 3 N–H and O–H groups in total. The van der Waals surface area contributed by atoms with E-state index in [-0.39, 0.29) is 17.7 Å². The minimum Gasteiger partial charge on any atom is -0.384 e. The molecule has 0 spiro atoms. The Bertz CT molecular complexity index is 477. The monoisotopic (exact) mass is 289 g/mol. The molecule has 1 aliphatic rings. The molecule has 1 aromatic rings. The van der Waals surface area contributed by atoms with Crippen molar-refractivity contribution >= 4 is 11.6 Å². The third-order valence-electron chi connectivity index (χ3n) is 3.56. The van der Waals surface area contributed by atoms with Gasteiger partial charge in [0.1, 0.15) is 11.6 Å². The van der Waals surface area contributed by atoms with Gasteiger partial charge in [0.15, 0.2) is 0 Å². The van der Waals surface area contributed by atoms with Crippen molar-refractivity contribution in [3.63, 3.8) is 0 Å². The van der Waals surface area contributed by atoms with E-state index in [1.54, 1.807) is 0 Å². The molecule has 1 aliphatic heterocycles. The summed E-state index contributed by atoms with van der Waals surface area (Å²) in [7, 11) is 2.03. The second kappa shape index (κ2) is 5.43. The highest BCUT2D eigenvalue weighted by molar-refractivity contribution is 5.45. The van der Waals surface area contributed by atoms with Gasteiger partial charge in [-0.3, -0.25) is 0 Å². The van der Waals surface area contributed by atoms with Crippen molar-refractivity contribution < 1.29 is 13.2 Å². The van der Waals surface area contributed by atoms with E-state index in [1.165, 1.54) is 6.07 Å². The molecule has 0 aromatic carbocycles. The molecule has 2 heterocycles. The SMILES string of the molecule is CC1CC(Nc2cc(N)nc(C(F)(F)F)n2)CCN1C. The summed E-state index contributed by atoms with van der Waals surface area (Å²) in [6.45, 7) is 2.98. The van der Waals surface area contributed by atoms with Gasteiger partial charge in [-0.25, -0.2) is 9.97 Å². The predicted octanol–water partition coefficient (Wildman–Crippen LogP) is 1.97. The maximum absolute atomic E-state index is 12.6. The van der Waals surface area contributed by atoms with Crippen LogP contribution in [0.1, 0.15) is 25.6 Å². The summed E-state index contributed by atoms with van der Waals surface area (Å²) >= 11 is 0. The molecule has 1 aromatic heterocycles. The van der Waals surface area contributed by atoms with E-state index in [9.17, 15) is 13.2 Å². The molecule has 8 heteroatoms. The Labute approximate surface area is 115 Å². The molecular formula is C12H18F3N5. The van der Waals surface area contributed by atoms with Crippen molar-refractivity contribution in [3.05, 3.63) is 11.9 Å². The summed E-state index contributed by atoms with van der Waals surface area (Å²) in [5, 5.41) is 3.03. The van der Waals surface area contributed by atoms with E-state index >= 15 is 0 Å². The molecule has 0 bridgehead atoms. The van der Waals surface area contributed by atoms with E-state index in [0.717, 1.165) is 19.4 Å². The summed E-state index contributed by atoms with van der Waals surface area (Å²) in [6.07, 6.45) is -2.89. The minimum atomic E-state index is -4.59. The normalized spacial score (nSPS) is 24.6. The van der Waals surface area contributed by atoms with Crippen molar-refractivity contribution in [2.75, 3.05) is 24.6 Å². The Hall–Kier alpha value is -1.57. The van der Waals surface area contributed by atoms with Gasteiger partial charge in [0.25, 0.3) is 0 Å². The van der Waals surface area contributed by atoms with Gasteiger partial charge >= 0.3 is 6.18 Å². The maximum Gasteiger partial charge on any atom is 0.451 e. The summed E-state index contributed by atoms with van der Waals surface area (Å²) in [5.74, 6) is -1.26. The van der Waals surface area contributed by atoms with E-state index in [0.29, 0.717) is 6.04 Å². The third-order valence-corrected chi connectivity index (χ3v) is 3.56. The number of rotatable bonds is 2. The molecule has 0 radical (unpaired) electrons. The zero-order valence-electron chi connectivity index (χ0n) is 11.4. The van der Waals surface area contributed by atoms with Gasteiger partial charge in [0, 0.05) is 24.7 Å². The smallest absolute Gasteiger partial charge is 0.384 e. The Kier molecular flexibility index (Phi) is 4.03. The molecule has 0 aliphatic carbocycles. The fraction of sp³-hybridized carbons (Fsp3) is 0.667. The van der Waals surface area contributed by atoms with E-state index in [4.69, 9.17) is 5.73 Å². The molecular weight excluding hydrogens is 271 g/mol. The lowest BCUT2D eigenvalue weighted by Gasteiger charge is -2.35. The molecule has 2 rings (SSSR count). The van der Waals surface area contributed by atoms with Gasteiger partial charge in [-0.2, -0.15) is 13.2 Å². The predicted molar refractivity (Wildman–Crippen MR) is 70.2 cm³/mol. The van der Waals surface area contributed by atoms with E-state index < -0.39 is 12.0 Å². The molecule has 112 valence electrons. The Morgan fingerprint density at radius 1 is 1.40 bits per heavy atom. The lowest BCUT2D eigenvalue weighted by molar-refractivity contribution is -0.144. The Morgan fingerprint density at radius 3 is 2.70 bits per heavy atom. The van der Waals surface area contributed by atoms with Crippen LogP contribution in [0.4, 0.5) is 24.8 Å². The molecule has 2 atom stereocenters. The quantitative estimate of drug-likeness (QED) is 0.871. The van der Waals surface area contributed by atoms with Gasteiger partial charge in [-0.1, -0.05) is 0 Å². The number of anilines is 2. The van der Waals surface area contributed by atoms with Crippen LogP contribution in [-0.4, -0.2) is 40.5 Å². The summed E-state index contributed by atoms with van der Waals surface area (Å²) in [5.41, 5.74) is 5.41. The van der Waals surface area contributed by atoms with Crippen molar-refractivity contribution in [3.8, 4) is 0 Å². The second-order valence-corrected chi connectivity index (χ2v) is 5.19. The first kappa shape index (κ1) is 14.8. The number of nitrogens with zero attached hydrogens (tertiary/aromatic N) is 3. The number of aromatic nitrogens is 2. The zero-order valence-corrected chi connectivity index (χ0v) is 11.4. The van der Waals surface area contributed by atoms with Crippen LogP contribution < -0.4 is 11.1 Å². The molecule has 0 saturated carbocycles. The largest absolute Gasteiger partial charge is 0.451 e. The molecule has 20 heavy (non-hydrogen) atoms. The van der Waals surface area contributed by atoms with Gasteiger partial charge in [-0.05, 0) is 26.8 Å². The Balaban J connectivity index is 2.12. The number of likely N-dealkylation sites (tertiary alicyclic amines) is 1. The fourth-order valence-electron chi connectivity index (χ4n) is 2.30. The molecule has 1 saturated heterocycles.